The van der Waals surface area contributed by atoms with Crippen LogP contribution in [0, 0.1) is 0 Å². The van der Waals surface area contributed by atoms with Crippen molar-refractivity contribution in [2.45, 2.75) is 5.03 Å². The molecule has 0 aliphatic rings. The lowest BCUT2D eigenvalue weighted by Gasteiger charge is -2.05. The van der Waals surface area contributed by atoms with Crippen LogP contribution in [0.3, 0.4) is 0 Å². The molecule has 1 N–H and O–H groups in total. The molecule has 0 aromatic carbocycles. The monoisotopic (exact) mass is 312 g/mol. The van der Waals surface area contributed by atoms with Gasteiger partial charge >= 0.3 is 5.97 Å². The van der Waals surface area contributed by atoms with Crippen LogP contribution in [0.1, 0.15) is 0 Å². The van der Waals surface area contributed by atoms with E-state index in [-0.39, 0.29) is 9.63 Å². The van der Waals surface area contributed by atoms with E-state index in [0.717, 1.165) is 11.8 Å². The molecule has 0 aliphatic carbocycles. The van der Waals surface area contributed by atoms with Crippen molar-refractivity contribution in [2.75, 3.05) is 13.7 Å². The number of nitrogens with one attached hydrogen (secondary N) is 1. The molecule has 0 unspecified atom stereocenters. The summed E-state index contributed by atoms with van der Waals surface area (Å²) in [5.41, 5.74) is 0. The summed E-state index contributed by atoms with van der Waals surface area (Å²) in [6.07, 6.45) is 0. The Bertz CT molecular complexity index is 477. The van der Waals surface area contributed by atoms with Gasteiger partial charge < -0.3 is 4.74 Å². The Balaban J connectivity index is 2.91. The van der Waals surface area contributed by atoms with Gasteiger partial charge in [0, 0.05) is 7.05 Å². The Morgan fingerprint density at radius 1 is 1.62 bits per heavy atom. The van der Waals surface area contributed by atoms with Crippen LogP contribution in [-0.2, 0) is 26.6 Å². The summed E-state index contributed by atoms with van der Waals surface area (Å²) in [4.78, 5) is 10.8. The highest BCUT2D eigenvalue weighted by Crippen LogP contribution is 2.17. The second-order valence-electron chi connectivity index (χ2n) is 2.71. The number of rotatable bonds is 4. The highest BCUT2D eigenvalue weighted by Gasteiger charge is 2.24. The largest absolute Gasteiger partial charge is 0.468 e. The number of hydrogen-bond donors (Lipinski definition) is 1. The molecule has 1 rings (SSSR count). The normalized spacial score (nSPS) is 11.4. The summed E-state index contributed by atoms with van der Waals surface area (Å²) < 4.78 is 30.9. The molecule has 0 radical (unpaired) electrons. The van der Waals surface area contributed by atoms with E-state index < -0.39 is 22.5 Å². The topological polar surface area (TPSA) is 103 Å². The van der Waals surface area contributed by atoms with E-state index in [4.69, 9.17) is 0 Å². The number of carbonyl (C=O) groups excluding carboxylic acids is 1. The number of ether oxygens (including phenoxy) is 1. The minimum atomic E-state index is -3.84. The van der Waals surface area contributed by atoms with E-state index >= 15 is 0 Å². The van der Waals surface area contributed by atoms with Crippen LogP contribution in [0.15, 0.2) is 9.63 Å². The maximum absolute atomic E-state index is 11.7. The molecular weight excluding hydrogens is 304 g/mol. The molecule has 0 fully saturated rings. The number of hydrogen-bond acceptors (Lipinski definition) is 6. The first-order chi connectivity index (χ1) is 7.38. The highest BCUT2D eigenvalue weighted by molar-refractivity contribution is 9.10. The standard InChI is InChI=1S/C6H9BrN4O4S/c1-11-6(5(7)9-10-11)16(13,14)8-3-4(12)15-2/h8H,3H2,1-2H3. The van der Waals surface area contributed by atoms with Crippen LogP contribution < -0.4 is 4.72 Å². The van der Waals surface area contributed by atoms with Crippen molar-refractivity contribution in [1.29, 1.82) is 0 Å². The van der Waals surface area contributed by atoms with Crippen molar-refractivity contribution in [2.24, 2.45) is 7.05 Å². The molecule has 0 aliphatic heterocycles. The van der Waals surface area contributed by atoms with E-state index in [1.165, 1.54) is 7.05 Å². The van der Waals surface area contributed by atoms with Gasteiger partial charge in [0.25, 0.3) is 10.0 Å². The van der Waals surface area contributed by atoms with Crippen molar-refractivity contribution in [3.63, 3.8) is 0 Å². The Kier molecular flexibility index (Phi) is 3.99. The minimum absolute atomic E-state index is 0.0763. The molecule has 0 amide bonds. The zero-order valence-corrected chi connectivity index (χ0v) is 10.9. The first-order valence-corrected chi connectivity index (χ1v) is 6.27. The van der Waals surface area contributed by atoms with Crippen molar-refractivity contribution < 1.29 is 17.9 Å². The Labute approximate surface area is 100 Å². The van der Waals surface area contributed by atoms with E-state index in [1.54, 1.807) is 0 Å². The molecule has 1 aromatic heterocycles. The maximum atomic E-state index is 11.7. The van der Waals surface area contributed by atoms with Gasteiger partial charge in [-0.05, 0) is 15.9 Å². The number of nitrogens with zero attached hydrogens (tertiary/aromatic N) is 3. The van der Waals surface area contributed by atoms with Crippen molar-refractivity contribution >= 4 is 31.9 Å². The third-order valence-electron chi connectivity index (χ3n) is 1.63. The Morgan fingerprint density at radius 2 is 2.25 bits per heavy atom. The first-order valence-electron chi connectivity index (χ1n) is 4.00. The highest BCUT2D eigenvalue weighted by atomic mass is 79.9. The fraction of sp³-hybridized carbons (Fsp3) is 0.500. The van der Waals surface area contributed by atoms with Gasteiger partial charge in [0.15, 0.2) is 4.60 Å². The van der Waals surface area contributed by atoms with Gasteiger partial charge in [-0.15, -0.1) is 5.10 Å². The quantitative estimate of drug-likeness (QED) is 0.717. The van der Waals surface area contributed by atoms with E-state index in [1.807, 2.05) is 0 Å². The molecule has 0 spiro atoms. The van der Waals surface area contributed by atoms with E-state index in [2.05, 4.69) is 35.7 Å². The Morgan fingerprint density at radius 3 is 2.69 bits per heavy atom. The fourth-order valence-corrected chi connectivity index (χ4v) is 2.96. The van der Waals surface area contributed by atoms with Gasteiger partial charge in [-0.25, -0.2) is 13.1 Å². The molecule has 0 saturated heterocycles. The maximum Gasteiger partial charge on any atom is 0.320 e. The summed E-state index contributed by atoms with van der Waals surface area (Å²) >= 11 is 2.95. The zero-order chi connectivity index (χ0) is 12.3. The van der Waals surface area contributed by atoms with Crippen LogP contribution in [-0.4, -0.2) is 43.0 Å². The molecule has 8 nitrogen and oxygen atoms in total. The van der Waals surface area contributed by atoms with Gasteiger partial charge in [-0.1, -0.05) is 5.21 Å². The Hall–Kier alpha value is -1.00. The zero-order valence-electron chi connectivity index (χ0n) is 8.47. The average molecular weight is 313 g/mol. The molecule has 0 saturated carbocycles. The van der Waals surface area contributed by atoms with Crippen LogP contribution in [0.2, 0.25) is 0 Å². The van der Waals surface area contributed by atoms with Gasteiger partial charge in [-0.2, -0.15) is 4.72 Å². The first kappa shape index (κ1) is 13.1. The number of esters is 1. The number of sulfonamides is 1. The summed E-state index contributed by atoms with van der Waals surface area (Å²) in [6.45, 7) is -0.448. The number of aryl methyl sites for hydroxylation is 1. The molecule has 16 heavy (non-hydrogen) atoms. The van der Waals surface area contributed by atoms with Crippen molar-refractivity contribution in [3.8, 4) is 0 Å². The minimum Gasteiger partial charge on any atom is -0.468 e. The van der Waals surface area contributed by atoms with Crippen LogP contribution in [0.25, 0.3) is 0 Å². The predicted octanol–water partition coefficient (Wildman–Crippen LogP) is -0.971. The molecule has 0 atom stereocenters. The SMILES string of the molecule is COC(=O)CNS(=O)(=O)c1c(Br)nnn1C. The lowest BCUT2D eigenvalue weighted by Crippen LogP contribution is -2.31. The third-order valence-corrected chi connectivity index (χ3v) is 3.91. The second-order valence-corrected chi connectivity index (χ2v) is 5.14. The molecule has 1 aromatic rings. The second kappa shape index (κ2) is 4.89. The molecule has 1 heterocycles. The lowest BCUT2D eigenvalue weighted by atomic mass is 10.7. The number of carbonyl (C=O) groups is 1. The predicted molar refractivity (Wildman–Crippen MR) is 55.9 cm³/mol. The molecular formula is C6H9BrN4O4S. The smallest absolute Gasteiger partial charge is 0.320 e. The number of methoxy groups -OCH3 is 1. The van der Waals surface area contributed by atoms with Crippen LogP contribution in [0.4, 0.5) is 0 Å². The van der Waals surface area contributed by atoms with Gasteiger partial charge in [0.2, 0.25) is 5.03 Å². The van der Waals surface area contributed by atoms with Gasteiger partial charge in [0.1, 0.15) is 6.54 Å². The van der Waals surface area contributed by atoms with Gasteiger partial charge in [-0.3, -0.25) is 4.79 Å². The summed E-state index contributed by atoms with van der Waals surface area (Å²) in [5.74, 6) is -0.685. The van der Waals surface area contributed by atoms with Gasteiger partial charge in [0.05, 0.1) is 7.11 Å². The summed E-state index contributed by atoms with van der Waals surface area (Å²) in [5, 5.41) is 6.88. The summed E-state index contributed by atoms with van der Waals surface area (Å²) in [7, 11) is -1.26. The van der Waals surface area contributed by atoms with Crippen LogP contribution in [0.5, 0.6) is 0 Å². The average Bonchev–Trinajstić information content (AvgIpc) is 2.55. The number of halogens is 1. The lowest BCUT2D eigenvalue weighted by molar-refractivity contribution is -0.139. The molecule has 0 bridgehead atoms. The molecule has 90 valence electrons. The van der Waals surface area contributed by atoms with E-state index in [9.17, 15) is 13.2 Å². The number of aromatic nitrogens is 3. The summed E-state index contributed by atoms with van der Waals surface area (Å²) in [6, 6.07) is 0. The molecule has 10 heteroatoms. The van der Waals surface area contributed by atoms with Crippen molar-refractivity contribution in [3.05, 3.63) is 4.60 Å². The van der Waals surface area contributed by atoms with Crippen LogP contribution >= 0.6 is 15.9 Å². The third kappa shape index (κ3) is 2.77. The fourth-order valence-electron chi connectivity index (χ4n) is 0.903. The van der Waals surface area contributed by atoms with E-state index in [0.29, 0.717) is 0 Å². The van der Waals surface area contributed by atoms with Crippen molar-refractivity contribution in [1.82, 2.24) is 19.7 Å².